The predicted molar refractivity (Wildman–Crippen MR) is 61.1 cm³/mol. The first-order chi connectivity index (χ1) is 6.24. The maximum Gasteiger partial charge on any atom is 0.246 e. The Morgan fingerprint density at radius 1 is 1.43 bits per heavy atom. The number of nitrogens with one attached hydrogen (secondary N) is 1. The van der Waals surface area contributed by atoms with E-state index in [1.165, 1.54) is 0 Å². The zero-order chi connectivity index (χ0) is 11.4. The lowest BCUT2D eigenvalue weighted by Crippen LogP contribution is -2.43. The summed E-state index contributed by atoms with van der Waals surface area (Å²) in [6, 6.07) is 0. The van der Waals surface area contributed by atoms with Gasteiger partial charge in [-0.2, -0.15) is 0 Å². The van der Waals surface area contributed by atoms with Crippen molar-refractivity contribution >= 4 is 5.91 Å². The number of carbonyl (C=O) groups excluding carboxylic acids is 1. The molecule has 0 aromatic heterocycles. The van der Waals surface area contributed by atoms with Crippen molar-refractivity contribution in [2.45, 2.75) is 53.0 Å². The molecule has 0 heterocycles. The predicted octanol–water partition coefficient (Wildman–Crippen LogP) is 2.89. The fourth-order valence-corrected chi connectivity index (χ4v) is 1.13. The van der Waals surface area contributed by atoms with Crippen LogP contribution in [0.15, 0.2) is 12.2 Å². The molecule has 0 radical (unpaired) electrons. The van der Waals surface area contributed by atoms with Crippen LogP contribution in [0.4, 0.5) is 0 Å². The van der Waals surface area contributed by atoms with E-state index in [1.54, 1.807) is 6.92 Å². The Bertz CT molecular complexity index is 216. The lowest BCUT2D eigenvalue weighted by atomic mass is 9.93. The Hall–Kier alpha value is -0.790. The largest absolute Gasteiger partial charge is 0.347 e. The van der Waals surface area contributed by atoms with Crippen LogP contribution < -0.4 is 5.32 Å². The smallest absolute Gasteiger partial charge is 0.246 e. The van der Waals surface area contributed by atoms with E-state index in [1.807, 2.05) is 0 Å². The van der Waals surface area contributed by atoms with Crippen LogP contribution in [0.1, 0.15) is 47.5 Å². The minimum Gasteiger partial charge on any atom is -0.347 e. The normalized spacial score (nSPS) is 11.6. The molecule has 0 saturated heterocycles. The standard InChI is InChI=1S/C12H23NO/c1-9(2)7-8-12(5,6)13-11(14)10(3)4/h9H,3,7-8H2,1-2,4-6H3,(H,13,14). The van der Waals surface area contributed by atoms with Gasteiger partial charge in [0.15, 0.2) is 0 Å². The molecule has 1 amide bonds. The second kappa shape index (κ2) is 5.18. The van der Waals surface area contributed by atoms with Crippen molar-refractivity contribution in [2.24, 2.45) is 5.92 Å². The van der Waals surface area contributed by atoms with Crippen LogP contribution in [0.2, 0.25) is 0 Å². The third-order valence-corrected chi connectivity index (χ3v) is 2.19. The SMILES string of the molecule is C=C(C)C(=O)NC(C)(C)CCC(C)C. The summed E-state index contributed by atoms with van der Waals surface area (Å²) in [4.78, 5) is 11.4. The van der Waals surface area contributed by atoms with Gasteiger partial charge >= 0.3 is 0 Å². The van der Waals surface area contributed by atoms with Gasteiger partial charge in [0.05, 0.1) is 0 Å². The van der Waals surface area contributed by atoms with E-state index in [4.69, 9.17) is 0 Å². The molecule has 0 aromatic rings. The Morgan fingerprint density at radius 3 is 2.29 bits per heavy atom. The summed E-state index contributed by atoms with van der Waals surface area (Å²) >= 11 is 0. The van der Waals surface area contributed by atoms with Crippen molar-refractivity contribution in [2.75, 3.05) is 0 Å². The summed E-state index contributed by atoms with van der Waals surface area (Å²) < 4.78 is 0. The molecule has 2 nitrogen and oxygen atoms in total. The molecule has 82 valence electrons. The first-order valence-corrected chi connectivity index (χ1v) is 5.22. The number of hydrogen-bond acceptors (Lipinski definition) is 1. The zero-order valence-electron chi connectivity index (χ0n) is 10.1. The first-order valence-electron chi connectivity index (χ1n) is 5.22. The van der Waals surface area contributed by atoms with Crippen LogP contribution in [0, 0.1) is 5.92 Å². The first kappa shape index (κ1) is 13.2. The summed E-state index contributed by atoms with van der Waals surface area (Å²) in [5.74, 6) is 0.634. The van der Waals surface area contributed by atoms with E-state index >= 15 is 0 Å². The summed E-state index contributed by atoms with van der Waals surface area (Å²) in [5.41, 5.74) is 0.447. The van der Waals surface area contributed by atoms with Crippen molar-refractivity contribution in [3.63, 3.8) is 0 Å². The average Bonchev–Trinajstić information content (AvgIpc) is 2.00. The second-order valence-corrected chi connectivity index (χ2v) is 5.05. The molecule has 0 saturated carbocycles. The molecule has 14 heavy (non-hydrogen) atoms. The second-order valence-electron chi connectivity index (χ2n) is 5.05. The molecule has 0 bridgehead atoms. The Morgan fingerprint density at radius 2 is 1.93 bits per heavy atom. The van der Waals surface area contributed by atoms with Crippen LogP contribution in [0.5, 0.6) is 0 Å². The molecule has 0 aliphatic heterocycles. The third kappa shape index (κ3) is 5.79. The van der Waals surface area contributed by atoms with Gasteiger partial charge in [0, 0.05) is 11.1 Å². The average molecular weight is 197 g/mol. The highest BCUT2D eigenvalue weighted by molar-refractivity contribution is 5.92. The van der Waals surface area contributed by atoms with E-state index in [2.05, 4.69) is 39.6 Å². The summed E-state index contributed by atoms with van der Waals surface area (Å²) in [5, 5.41) is 2.97. The van der Waals surface area contributed by atoms with E-state index in [-0.39, 0.29) is 11.4 Å². The third-order valence-electron chi connectivity index (χ3n) is 2.19. The van der Waals surface area contributed by atoms with Gasteiger partial charge in [-0.15, -0.1) is 0 Å². The van der Waals surface area contributed by atoms with Crippen molar-refractivity contribution in [1.29, 1.82) is 0 Å². The minimum atomic E-state index is -0.125. The van der Waals surface area contributed by atoms with Gasteiger partial charge in [-0.25, -0.2) is 0 Å². The topological polar surface area (TPSA) is 29.1 Å². The zero-order valence-corrected chi connectivity index (χ0v) is 10.1. The number of rotatable bonds is 5. The highest BCUT2D eigenvalue weighted by Gasteiger charge is 2.20. The number of carbonyl (C=O) groups is 1. The maximum absolute atomic E-state index is 11.4. The summed E-state index contributed by atoms with van der Waals surface area (Å²) in [6.07, 6.45) is 2.13. The monoisotopic (exact) mass is 197 g/mol. The minimum absolute atomic E-state index is 0.0428. The molecule has 0 aliphatic carbocycles. The van der Waals surface area contributed by atoms with Gasteiger partial charge in [0.2, 0.25) is 5.91 Å². The molecule has 0 fully saturated rings. The van der Waals surface area contributed by atoms with Crippen LogP contribution in [-0.4, -0.2) is 11.4 Å². The quantitative estimate of drug-likeness (QED) is 0.675. The van der Waals surface area contributed by atoms with E-state index in [0.717, 1.165) is 12.8 Å². The molecule has 0 aliphatic rings. The van der Waals surface area contributed by atoms with E-state index in [9.17, 15) is 4.79 Å². The van der Waals surface area contributed by atoms with Crippen LogP contribution in [0.25, 0.3) is 0 Å². The molecule has 0 unspecified atom stereocenters. The van der Waals surface area contributed by atoms with Gasteiger partial charge in [-0.1, -0.05) is 20.4 Å². The number of hydrogen-bond donors (Lipinski definition) is 1. The Labute approximate surface area is 87.8 Å². The van der Waals surface area contributed by atoms with Crippen LogP contribution >= 0.6 is 0 Å². The molecular formula is C12H23NO. The summed E-state index contributed by atoms with van der Waals surface area (Å²) in [7, 11) is 0. The van der Waals surface area contributed by atoms with Gasteiger partial charge in [0.1, 0.15) is 0 Å². The fraction of sp³-hybridized carbons (Fsp3) is 0.750. The van der Waals surface area contributed by atoms with E-state index < -0.39 is 0 Å². The lowest BCUT2D eigenvalue weighted by molar-refractivity contribution is -0.119. The highest BCUT2D eigenvalue weighted by atomic mass is 16.1. The van der Waals surface area contributed by atoms with Crippen molar-refractivity contribution in [1.82, 2.24) is 5.32 Å². The maximum atomic E-state index is 11.4. The molecule has 0 rings (SSSR count). The Balaban J connectivity index is 4.06. The summed E-state index contributed by atoms with van der Waals surface area (Å²) in [6.45, 7) is 13.8. The molecular weight excluding hydrogens is 174 g/mol. The molecule has 0 spiro atoms. The lowest BCUT2D eigenvalue weighted by Gasteiger charge is -2.27. The molecule has 2 heteroatoms. The Kier molecular flexibility index (Phi) is 4.89. The van der Waals surface area contributed by atoms with Gasteiger partial charge in [-0.3, -0.25) is 4.79 Å². The van der Waals surface area contributed by atoms with E-state index in [0.29, 0.717) is 11.5 Å². The van der Waals surface area contributed by atoms with Crippen molar-refractivity contribution in [3.8, 4) is 0 Å². The number of amides is 1. The van der Waals surface area contributed by atoms with Crippen molar-refractivity contribution in [3.05, 3.63) is 12.2 Å². The highest BCUT2D eigenvalue weighted by Crippen LogP contribution is 2.16. The van der Waals surface area contributed by atoms with Gasteiger partial charge < -0.3 is 5.32 Å². The van der Waals surface area contributed by atoms with Crippen LogP contribution in [0.3, 0.4) is 0 Å². The fourth-order valence-electron chi connectivity index (χ4n) is 1.13. The molecule has 0 aromatic carbocycles. The van der Waals surface area contributed by atoms with Gasteiger partial charge in [0.25, 0.3) is 0 Å². The van der Waals surface area contributed by atoms with Crippen LogP contribution in [-0.2, 0) is 4.79 Å². The molecule has 1 N–H and O–H groups in total. The molecule has 0 atom stereocenters. The van der Waals surface area contributed by atoms with Crippen molar-refractivity contribution < 1.29 is 4.79 Å². The van der Waals surface area contributed by atoms with Gasteiger partial charge in [-0.05, 0) is 39.5 Å².